The minimum atomic E-state index is -0.721. The van der Waals surface area contributed by atoms with Crippen LogP contribution in [0.1, 0.15) is 47.0 Å². The predicted octanol–water partition coefficient (Wildman–Crippen LogP) is 2.35. The average molecular weight is 268 g/mol. The lowest BCUT2D eigenvalue weighted by Crippen LogP contribution is -2.44. The van der Waals surface area contributed by atoms with Crippen LogP contribution >= 0.6 is 0 Å². The van der Waals surface area contributed by atoms with Gasteiger partial charge in [-0.1, -0.05) is 13.8 Å². The van der Waals surface area contributed by atoms with Crippen LogP contribution in [-0.4, -0.2) is 30.6 Å². The average Bonchev–Trinajstić information content (AvgIpc) is 2.89. The first kappa shape index (κ1) is 14.5. The van der Waals surface area contributed by atoms with E-state index in [0.717, 1.165) is 25.5 Å². The number of rotatable bonds is 5. The zero-order valence-electron chi connectivity index (χ0n) is 12.3. The molecule has 0 spiro atoms. The molecule has 2 aliphatic heterocycles. The van der Waals surface area contributed by atoms with Gasteiger partial charge in [0.25, 0.3) is 0 Å². The minimum absolute atomic E-state index is 0.00959. The van der Waals surface area contributed by atoms with Crippen LogP contribution in [0.15, 0.2) is 0 Å². The molecule has 0 aliphatic carbocycles. The summed E-state index contributed by atoms with van der Waals surface area (Å²) in [6.45, 7) is 8.06. The first-order valence-electron chi connectivity index (χ1n) is 7.17. The van der Waals surface area contributed by atoms with E-state index in [-0.39, 0.29) is 23.9 Å². The second kappa shape index (κ2) is 4.89. The molecule has 108 valence electrons. The lowest BCUT2D eigenvalue weighted by atomic mass is 9.73. The highest BCUT2D eigenvalue weighted by atomic mass is 16.5. The van der Waals surface area contributed by atoms with E-state index in [1.54, 1.807) is 0 Å². The maximum Gasteiger partial charge on any atom is 0.311 e. The van der Waals surface area contributed by atoms with Gasteiger partial charge < -0.3 is 14.3 Å². The van der Waals surface area contributed by atoms with E-state index in [1.165, 1.54) is 0 Å². The van der Waals surface area contributed by atoms with Gasteiger partial charge in [0.1, 0.15) is 5.60 Å². The lowest BCUT2D eigenvalue weighted by molar-refractivity contribution is -0.159. The van der Waals surface area contributed by atoms with Crippen molar-refractivity contribution in [1.82, 2.24) is 0 Å². The highest BCUT2D eigenvalue weighted by Crippen LogP contribution is 2.50. The van der Waals surface area contributed by atoms with Crippen molar-refractivity contribution in [1.29, 1.82) is 0 Å². The molecule has 19 heavy (non-hydrogen) atoms. The number of esters is 1. The Morgan fingerprint density at radius 2 is 2.16 bits per heavy atom. The van der Waals surface area contributed by atoms with E-state index in [9.17, 15) is 9.59 Å². The van der Waals surface area contributed by atoms with Crippen LogP contribution in [0.2, 0.25) is 0 Å². The molecular weight excluding hydrogens is 244 g/mol. The van der Waals surface area contributed by atoms with Crippen molar-refractivity contribution >= 4 is 12.3 Å². The van der Waals surface area contributed by atoms with Gasteiger partial charge in [0.15, 0.2) is 6.29 Å². The van der Waals surface area contributed by atoms with E-state index in [1.807, 2.05) is 27.7 Å². The predicted molar refractivity (Wildman–Crippen MR) is 70.6 cm³/mol. The molecule has 2 bridgehead atoms. The lowest BCUT2D eigenvalue weighted by Gasteiger charge is -2.32. The van der Waals surface area contributed by atoms with E-state index in [0.29, 0.717) is 6.61 Å². The van der Waals surface area contributed by atoms with Gasteiger partial charge in [-0.3, -0.25) is 4.79 Å². The maximum absolute atomic E-state index is 12.0. The Labute approximate surface area is 114 Å². The van der Waals surface area contributed by atoms with Gasteiger partial charge in [-0.15, -0.1) is 0 Å². The molecule has 2 rings (SSSR count). The topological polar surface area (TPSA) is 52.6 Å². The first-order chi connectivity index (χ1) is 8.85. The maximum atomic E-state index is 12.0. The Morgan fingerprint density at radius 1 is 1.47 bits per heavy atom. The summed E-state index contributed by atoms with van der Waals surface area (Å²) < 4.78 is 11.3. The zero-order chi connectivity index (χ0) is 14.3. The Balaban J connectivity index is 1.98. The summed E-state index contributed by atoms with van der Waals surface area (Å²) in [7, 11) is 0. The summed E-state index contributed by atoms with van der Waals surface area (Å²) >= 11 is 0. The molecule has 0 aromatic rings. The summed E-state index contributed by atoms with van der Waals surface area (Å²) in [5, 5.41) is 0. The Bertz CT molecular complexity index is 376. The third kappa shape index (κ3) is 2.31. The number of ether oxygens (including phenoxy) is 2. The highest BCUT2D eigenvalue weighted by molar-refractivity contribution is 5.76. The molecule has 2 aliphatic rings. The number of carbonyl (C=O) groups excluding carboxylic acids is 2. The summed E-state index contributed by atoms with van der Waals surface area (Å²) in [5.41, 5.74) is -1.18. The second-order valence-electron chi connectivity index (χ2n) is 6.62. The van der Waals surface area contributed by atoms with E-state index in [4.69, 9.17) is 9.47 Å². The molecular formula is C15H24O4. The van der Waals surface area contributed by atoms with Crippen LogP contribution < -0.4 is 0 Å². The number of aldehydes is 1. The Hall–Kier alpha value is -0.900. The van der Waals surface area contributed by atoms with Gasteiger partial charge in [0.05, 0.1) is 18.1 Å². The molecule has 0 aromatic carbocycles. The monoisotopic (exact) mass is 268 g/mol. The summed E-state index contributed by atoms with van der Waals surface area (Å²) in [6, 6.07) is 0. The molecule has 0 aromatic heterocycles. The van der Waals surface area contributed by atoms with Crippen molar-refractivity contribution < 1.29 is 19.1 Å². The summed E-state index contributed by atoms with van der Waals surface area (Å²) in [5.74, 6) is 0.0356. The third-order valence-corrected chi connectivity index (χ3v) is 4.98. The van der Waals surface area contributed by atoms with Crippen LogP contribution in [0, 0.1) is 17.3 Å². The Morgan fingerprint density at radius 3 is 2.68 bits per heavy atom. The molecule has 2 heterocycles. The van der Waals surface area contributed by atoms with Crippen molar-refractivity contribution in [3.63, 3.8) is 0 Å². The quantitative estimate of drug-likeness (QED) is 0.567. The fourth-order valence-electron chi connectivity index (χ4n) is 3.13. The normalized spacial score (nSPS) is 37.4. The van der Waals surface area contributed by atoms with Crippen LogP contribution in [0.3, 0.4) is 0 Å². The number of hydrogen-bond acceptors (Lipinski definition) is 4. The van der Waals surface area contributed by atoms with Crippen LogP contribution in [0.25, 0.3) is 0 Å². The van der Waals surface area contributed by atoms with Crippen molar-refractivity contribution in [3.8, 4) is 0 Å². The molecule has 4 nitrogen and oxygen atoms in total. The molecule has 2 fully saturated rings. The standard InChI is InChI=1S/C15H24O4/c1-5-14(3,4)13(17)18-8-11-7-12-6-10(2)15(11,9-16)19-12/h9-12H,5-8H2,1-4H3/t10-,11+,12-,15+/m0/s1. The SMILES string of the molecule is CCC(C)(C)C(=O)OC[C@H]1C[C@@H]2C[C@H](C)[C@@]1(C=O)O2. The first-order valence-corrected chi connectivity index (χ1v) is 7.17. The van der Waals surface area contributed by atoms with Gasteiger partial charge >= 0.3 is 5.97 Å². The van der Waals surface area contributed by atoms with Crippen molar-refractivity contribution in [2.75, 3.05) is 6.61 Å². The second-order valence-corrected chi connectivity index (χ2v) is 6.62. The van der Waals surface area contributed by atoms with Crippen molar-refractivity contribution in [3.05, 3.63) is 0 Å². The van der Waals surface area contributed by atoms with Crippen molar-refractivity contribution in [2.45, 2.75) is 58.7 Å². The molecule has 4 atom stereocenters. The molecule has 0 saturated carbocycles. The van der Waals surface area contributed by atoms with Gasteiger partial charge in [-0.25, -0.2) is 0 Å². The number of carbonyl (C=O) groups is 2. The van der Waals surface area contributed by atoms with E-state index < -0.39 is 11.0 Å². The smallest absolute Gasteiger partial charge is 0.311 e. The summed E-state index contributed by atoms with van der Waals surface area (Å²) in [4.78, 5) is 23.4. The van der Waals surface area contributed by atoms with Crippen LogP contribution in [-0.2, 0) is 19.1 Å². The fraction of sp³-hybridized carbons (Fsp3) is 0.867. The van der Waals surface area contributed by atoms with Gasteiger partial charge in [0.2, 0.25) is 0 Å². The van der Waals surface area contributed by atoms with Crippen LogP contribution in [0.5, 0.6) is 0 Å². The molecule has 0 amide bonds. The summed E-state index contributed by atoms with van der Waals surface area (Å²) in [6.07, 6.45) is 3.58. The molecule has 2 saturated heterocycles. The zero-order valence-corrected chi connectivity index (χ0v) is 12.3. The van der Waals surface area contributed by atoms with Crippen molar-refractivity contribution in [2.24, 2.45) is 17.3 Å². The molecule has 0 unspecified atom stereocenters. The van der Waals surface area contributed by atoms with E-state index in [2.05, 4.69) is 0 Å². The van der Waals surface area contributed by atoms with Gasteiger partial charge in [-0.2, -0.15) is 0 Å². The Kier molecular flexibility index (Phi) is 3.74. The van der Waals surface area contributed by atoms with Gasteiger partial charge in [-0.05, 0) is 39.0 Å². The highest BCUT2D eigenvalue weighted by Gasteiger charge is 2.58. The number of hydrogen-bond donors (Lipinski definition) is 0. The fourth-order valence-corrected chi connectivity index (χ4v) is 3.13. The van der Waals surface area contributed by atoms with E-state index >= 15 is 0 Å². The van der Waals surface area contributed by atoms with Gasteiger partial charge in [0, 0.05) is 5.92 Å². The third-order valence-electron chi connectivity index (χ3n) is 4.98. The molecule has 0 N–H and O–H groups in total. The van der Waals surface area contributed by atoms with Crippen LogP contribution in [0.4, 0.5) is 0 Å². The molecule has 4 heteroatoms. The minimum Gasteiger partial charge on any atom is -0.465 e. The number of fused-ring (bicyclic) bond motifs is 2. The largest absolute Gasteiger partial charge is 0.465 e. The molecule has 0 radical (unpaired) electrons.